The van der Waals surface area contributed by atoms with Crippen molar-refractivity contribution in [3.63, 3.8) is 0 Å². The van der Waals surface area contributed by atoms with E-state index in [1.165, 1.54) is 0 Å². The minimum atomic E-state index is -0.616. The maximum Gasteiger partial charge on any atom is 0.330 e. The monoisotopic (exact) mass is 532 g/mol. The van der Waals surface area contributed by atoms with Crippen molar-refractivity contribution in [1.82, 2.24) is 10.3 Å². The Labute approximate surface area is 231 Å². The van der Waals surface area contributed by atoms with Crippen molar-refractivity contribution in [3.8, 4) is 0 Å². The number of hydrogen-bond donors (Lipinski definition) is 1. The van der Waals surface area contributed by atoms with E-state index in [1.807, 2.05) is 68.1 Å². The number of rotatable bonds is 3. The molecular weight excluding hydrogens is 504 g/mol. The Morgan fingerprint density at radius 2 is 1.85 bits per heavy atom. The number of nitrogens with zero attached hydrogens (tertiary/aromatic N) is 3. The Morgan fingerprint density at radius 3 is 2.67 bits per heavy atom. The lowest BCUT2D eigenvalue weighted by Crippen LogP contribution is -2.43. The number of fused-ring (bicyclic) bond motifs is 2. The summed E-state index contributed by atoms with van der Waals surface area (Å²) in [5.41, 5.74) is 4.79. The van der Waals surface area contributed by atoms with Gasteiger partial charge in [0.05, 0.1) is 23.5 Å². The van der Waals surface area contributed by atoms with E-state index in [0.29, 0.717) is 23.3 Å². The van der Waals surface area contributed by atoms with Crippen molar-refractivity contribution in [2.45, 2.75) is 57.2 Å². The van der Waals surface area contributed by atoms with Crippen LogP contribution in [0.3, 0.4) is 0 Å². The second kappa shape index (κ2) is 8.71. The van der Waals surface area contributed by atoms with Crippen molar-refractivity contribution in [2.75, 3.05) is 4.90 Å². The number of allylic oxidation sites excluding steroid dienone is 2. The summed E-state index contributed by atoms with van der Waals surface area (Å²) >= 11 is 0. The molecule has 3 atom stereocenters. The van der Waals surface area contributed by atoms with Crippen molar-refractivity contribution in [1.29, 1.82) is 0 Å². The molecule has 0 fully saturated rings. The molecule has 1 aromatic heterocycles. The molecule has 1 N–H and O–H groups in total. The normalized spacial score (nSPS) is 23.2. The number of amides is 1. The number of benzene rings is 2. The summed E-state index contributed by atoms with van der Waals surface area (Å²) in [6.07, 6.45) is 7.69. The van der Waals surface area contributed by atoms with Crippen LogP contribution >= 0.6 is 0 Å². The van der Waals surface area contributed by atoms with Gasteiger partial charge < -0.3 is 15.0 Å². The molecule has 40 heavy (non-hydrogen) atoms. The van der Waals surface area contributed by atoms with Gasteiger partial charge in [-0.1, -0.05) is 42.5 Å². The molecule has 3 aliphatic heterocycles. The number of carbonyl (C=O) groups excluding carboxylic acids is 3. The Bertz CT molecular complexity index is 1720. The minimum absolute atomic E-state index is 0.0294. The fraction of sp³-hybridized carbons (Fsp3) is 0.281. The van der Waals surface area contributed by atoms with Gasteiger partial charge in [0.1, 0.15) is 23.5 Å². The van der Waals surface area contributed by atoms with Crippen molar-refractivity contribution >= 4 is 40.5 Å². The van der Waals surface area contributed by atoms with Gasteiger partial charge in [0.2, 0.25) is 0 Å². The number of nitrogens with one attached hydrogen (secondary N) is 1. The van der Waals surface area contributed by atoms with Crippen LogP contribution < -0.4 is 10.2 Å². The minimum Gasteiger partial charge on any atom is -0.458 e. The molecule has 0 spiro atoms. The van der Waals surface area contributed by atoms with Crippen LogP contribution in [0, 0.1) is 0 Å². The highest BCUT2D eigenvalue weighted by molar-refractivity contribution is 6.09. The van der Waals surface area contributed by atoms with Gasteiger partial charge in [-0.15, -0.1) is 0 Å². The number of esters is 1. The highest BCUT2D eigenvalue weighted by atomic mass is 16.6. The van der Waals surface area contributed by atoms with E-state index in [1.54, 1.807) is 24.8 Å². The molecule has 4 heterocycles. The van der Waals surface area contributed by atoms with Crippen LogP contribution in [0.5, 0.6) is 0 Å². The Balaban J connectivity index is 1.37. The summed E-state index contributed by atoms with van der Waals surface area (Å²) in [6, 6.07) is 12.5. The Hall–Kier alpha value is -4.59. The molecular formula is C32H28N4O4. The summed E-state index contributed by atoms with van der Waals surface area (Å²) in [5.74, 6) is -1.15. The van der Waals surface area contributed by atoms with Crippen LogP contribution in [-0.4, -0.2) is 40.6 Å². The SMILES string of the molecule is CC(C)(C)OC(=O)C1Cc2cccc3c2N1C=NC3C1=C2C(=CCC(=O)C2c2cccc3cnccc23)NC1=O. The van der Waals surface area contributed by atoms with E-state index in [2.05, 4.69) is 10.3 Å². The molecule has 7 rings (SSSR count). The maximum atomic E-state index is 13.6. The van der Waals surface area contributed by atoms with E-state index in [0.717, 1.165) is 33.2 Å². The summed E-state index contributed by atoms with van der Waals surface area (Å²) in [6.45, 7) is 5.56. The number of carbonyl (C=O) groups is 3. The van der Waals surface area contributed by atoms with Gasteiger partial charge in [0.25, 0.3) is 5.91 Å². The van der Waals surface area contributed by atoms with Crippen LogP contribution in [-0.2, 0) is 25.5 Å². The molecule has 0 saturated carbocycles. The molecule has 4 aliphatic rings. The second-order valence-electron chi connectivity index (χ2n) is 11.6. The Kier molecular flexibility index (Phi) is 5.32. The number of Topliss-reactive ketones (excluding diaryl/α,β-unsaturated/α-hetero) is 1. The second-order valence-corrected chi connectivity index (χ2v) is 11.6. The average Bonchev–Trinajstić information content (AvgIpc) is 3.46. The summed E-state index contributed by atoms with van der Waals surface area (Å²) < 4.78 is 5.71. The molecule has 0 radical (unpaired) electrons. The fourth-order valence-corrected chi connectivity index (χ4v) is 6.41. The number of hydrogen-bond acceptors (Lipinski definition) is 7. The van der Waals surface area contributed by atoms with Crippen LogP contribution in [0.2, 0.25) is 0 Å². The molecule has 1 amide bonds. The van der Waals surface area contributed by atoms with Crippen molar-refractivity contribution in [3.05, 3.63) is 94.5 Å². The van der Waals surface area contributed by atoms with Gasteiger partial charge in [-0.05, 0) is 43.4 Å². The molecule has 2 aromatic carbocycles. The highest BCUT2D eigenvalue weighted by Crippen LogP contribution is 2.49. The third kappa shape index (κ3) is 3.70. The van der Waals surface area contributed by atoms with Gasteiger partial charge in [-0.2, -0.15) is 0 Å². The number of ether oxygens (including phenoxy) is 1. The number of anilines is 1. The Morgan fingerprint density at radius 1 is 1.05 bits per heavy atom. The van der Waals surface area contributed by atoms with E-state index >= 15 is 0 Å². The average molecular weight is 533 g/mol. The highest BCUT2D eigenvalue weighted by Gasteiger charge is 2.46. The van der Waals surface area contributed by atoms with Gasteiger partial charge in [0.15, 0.2) is 0 Å². The van der Waals surface area contributed by atoms with Crippen LogP contribution in [0.1, 0.15) is 55.8 Å². The molecule has 3 aromatic rings. The fourth-order valence-electron chi connectivity index (χ4n) is 6.41. The van der Waals surface area contributed by atoms with E-state index in [4.69, 9.17) is 9.73 Å². The molecule has 200 valence electrons. The largest absolute Gasteiger partial charge is 0.458 e. The predicted molar refractivity (Wildman–Crippen MR) is 151 cm³/mol. The van der Waals surface area contributed by atoms with E-state index in [-0.39, 0.29) is 24.1 Å². The number of ketones is 1. The summed E-state index contributed by atoms with van der Waals surface area (Å²) in [5, 5.41) is 4.89. The summed E-state index contributed by atoms with van der Waals surface area (Å²) in [7, 11) is 0. The van der Waals surface area contributed by atoms with E-state index in [9.17, 15) is 14.4 Å². The lowest BCUT2D eigenvalue weighted by molar-refractivity contribution is -0.156. The van der Waals surface area contributed by atoms with Crippen LogP contribution in [0.25, 0.3) is 10.8 Å². The summed E-state index contributed by atoms with van der Waals surface area (Å²) in [4.78, 5) is 51.3. The molecule has 0 saturated heterocycles. The van der Waals surface area contributed by atoms with Gasteiger partial charge in [0, 0.05) is 47.5 Å². The van der Waals surface area contributed by atoms with Gasteiger partial charge in [-0.25, -0.2) is 4.79 Å². The smallest absolute Gasteiger partial charge is 0.330 e. The lowest BCUT2D eigenvalue weighted by atomic mass is 9.76. The number of aromatic nitrogens is 1. The first kappa shape index (κ1) is 24.5. The molecule has 0 bridgehead atoms. The van der Waals surface area contributed by atoms with Gasteiger partial charge >= 0.3 is 5.97 Å². The zero-order valence-electron chi connectivity index (χ0n) is 22.5. The lowest BCUT2D eigenvalue weighted by Gasteiger charge is -2.32. The zero-order valence-corrected chi connectivity index (χ0v) is 22.5. The third-order valence-corrected chi connectivity index (χ3v) is 7.96. The van der Waals surface area contributed by atoms with Crippen molar-refractivity contribution < 1.29 is 19.1 Å². The molecule has 3 unspecified atom stereocenters. The molecule has 1 aliphatic carbocycles. The maximum absolute atomic E-state index is 13.6. The predicted octanol–water partition coefficient (Wildman–Crippen LogP) is 4.46. The van der Waals surface area contributed by atoms with Crippen LogP contribution in [0.15, 0.2) is 82.8 Å². The quantitative estimate of drug-likeness (QED) is 0.500. The first-order valence-corrected chi connectivity index (χ1v) is 13.5. The number of aliphatic imine (C=N–C) groups is 1. The van der Waals surface area contributed by atoms with E-state index < -0.39 is 23.6 Å². The molecule has 8 nitrogen and oxygen atoms in total. The number of pyridine rings is 1. The third-order valence-electron chi connectivity index (χ3n) is 7.96. The van der Waals surface area contributed by atoms with Crippen LogP contribution in [0.4, 0.5) is 5.69 Å². The number of para-hydroxylation sites is 1. The zero-order chi connectivity index (χ0) is 27.8. The topological polar surface area (TPSA) is 101 Å². The molecule has 8 heteroatoms. The van der Waals surface area contributed by atoms with Gasteiger partial charge in [-0.3, -0.25) is 19.6 Å². The standard InChI is InChI=1S/C32H28N4O4/c1-32(2,3)40-31(39)23-14-17-6-4-9-21-28(34-16-36(23)29(17)21)27-26-22(35-30(27)38)10-11-24(37)25(26)20-8-5-7-18-15-33-13-12-19(18)20/h4-10,12-13,15-16,23,25,28H,11,14H2,1-3H3,(H,35,38). The van der Waals surface area contributed by atoms with Crippen molar-refractivity contribution in [2.24, 2.45) is 4.99 Å². The first-order valence-electron chi connectivity index (χ1n) is 13.5. The first-order chi connectivity index (χ1) is 19.2.